The monoisotopic (exact) mass is 336 g/mol. The molecule has 0 radical (unpaired) electrons. The van der Waals surface area contributed by atoms with Gasteiger partial charge in [-0.1, -0.05) is 35.4 Å². The second-order valence-electron chi connectivity index (χ2n) is 5.73. The highest BCUT2D eigenvalue weighted by atomic mass is 16.7. The summed E-state index contributed by atoms with van der Waals surface area (Å²) in [5, 5.41) is 0.445. The Morgan fingerprint density at radius 2 is 1.40 bits per heavy atom. The number of benzene rings is 2. The van der Waals surface area contributed by atoms with Crippen LogP contribution in [0.3, 0.4) is 0 Å². The van der Waals surface area contributed by atoms with E-state index in [1.165, 1.54) is 17.0 Å². The van der Waals surface area contributed by atoms with Gasteiger partial charge in [-0.2, -0.15) is 0 Å². The van der Waals surface area contributed by atoms with Crippen molar-refractivity contribution >= 4 is 23.7 Å². The van der Waals surface area contributed by atoms with Crippen LogP contribution in [0, 0.1) is 0 Å². The maximum absolute atomic E-state index is 12.2. The van der Waals surface area contributed by atoms with Gasteiger partial charge in [0, 0.05) is 12.1 Å². The van der Waals surface area contributed by atoms with Crippen molar-refractivity contribution in [3.05, 3.63) is 70.8 Å². The van der Waals surface area contributed by atoms with Crippen molar-refractivity contribution < 1.29 is 24.0 Å². The molecular formula is C18H12N2O5. The maximum Gasteiger partial charge on any atom is 0.352 e. The highest BCUT2D eigenvalue weighted by Gasteiger charge is 2.39. The molecule has 3 amide bonds. The minimum atomic E-state index is -0.851. The Morgan fingerprint density at radius 3 is 2.00 bits per heavy atom. The van der Waals surface area contributed by atoms with E-state index in [4.69, 9.17) is 4.84 Å². The predicted octanol–water partition coefficient (Wildman–Crippen LogP) is 1.40. The van der Waals surface area contributed by atoms with Crippen molar-refractivity contribution in [2.24, 2.45) is 0 Å². The highest BCUT2D eigenvalue weighted by molar-refractivity contribution is 6.20. The smallest absolute Gasteiger partial charge is 0.328 e. The van der Waals surface area contributed by atoms with E-state index < -0.39 is 17.8 Å². The van der Waals surface area contributed by atoms with E-state index in [1.807, 2.05) is 12.1 Å². The number of hydroxylamine groups is 2. The molecule has 124 valence electrons. The van der Waals surface area contributed by atoms with Crippen LogP contribution in [-0.4, -0.2) is 40.2 Å². The predicted molar refractivity (Wildman–Crippen MR) is 84.2 cm³/mol. The number of hydrogen-bond acceptors (Lipinski definition) is 5. The Labute approximate surface area is 142 Å². The maximum atomic E-state index is 12.2. The molecule has 0 unspecified atom stereocenters. The Bertz CT molecular complexity index is 902. The van der Waals surface area contributed by atoms with Gasteiger partial charge in [-0.25, -0.2) is 4.79 Å². The highest BCUT2D eigenvalue weighted by Crippen LogP contribution is 2.24. The third-order valence-corrected chi connectivity index (χ3v) is 4.17. The van der Waals surface area contributed by atoms with Crippen molar-refractivity contribution in [2.75, 3.05) is 6.54 Å². The van der Waals surface area contributed by atoms with Crippen molar-refractivity contribution in [2.45, 2.75) is 6.54 Å². The molecule has 2 aromatic rings. The molecule has 0 aliphatic carbocycles. The van der Waals surface area contributed by atoms with Crippen LogP contribution >= 0.6 is 0 Å². The van der Waals surface area contributed by atoms with Crippen LogP contribution < -0.4 is 0 Å². The zero-order valence-electron chi connectivity index (χ0n) is 13.0. The first-order chi connectivity index (χ1) is 12.1. The number of amides is 3. The van der Waals surface area contributed by atoms with E-state index in [-0.39, 0.29) is 30.1 Å². The number of hydrogen-bond donors (Lipinski definition) is 0. The van der Waals surface area contributed by atoms with Crippen LogP contribution in [0.15, 0.2) is 48.5 Å². The summed E-state index contributed by atoms with van der Waals surface area (Å²) in [7, 11) is 0. The third kappa shape index (κ3) is 2.37. The van der Waals surface area contributed by atoms with Gasteiger partial charge < -0.3 is 9.74 Å². The molecule has 0 N–H and O–H groups in total. The van der Waals surface area contributed by atoms with Crippen molar-refractivity contribution in [1.82, 2.24) is 9.96 Å². The van der Waals surface area contributed by atoms with Gasteiger partial charge in [-0.15, -0.1) is 0 Å². The molecule has 2 aromatic carbocycles. The van der Waals surface area contributed by atoms with Crippen LogP contribution in [0.1, 0.15) is 36.6 Å². The average Bonchev–Trinajstić information content (AvgIpc) is 3.06. The minimum absolute atomic E-state index is 0.185. The molecule has 0 fully saturated rings. The second kappa shape index (κ2) is 5.55. The Kier molecular flexibility index (Phi) is 3.35. The van der Waals surface area contributed by atoms with Gasteiger partial charge in [0.1, 0.15) is 6.54 Å². The van der Waals surface area contributed by atoms with E-state index in [1.54, 1.807) is 24.3 Å². The zero-order chi connectivity index (χ0) is 17.6. The number of fused-ring (bicyclic) bond motifs is 2. The first-order valence-corrected chi connectivity index (χ1v) is 7.62. The van der Waals surface area contributed by atoms with E-state index in [9.17, 15) is 19.2 Å². The standard InChI is InChI=1S/C18H12N2O5/c21-15(10-19-9-11-5-1-2-6-12(11)16(19)22)25-20-17(23)13-7-3-4-8-14(13)18(20)24/h1-8H,9-10H2. The number of carbonyl (C=O) groups excluding carboxylic acids is 4. The molecule has 2 heterocycles. The molecule has 2 aliphatic rings. The minimum Gasteiger partial charge on any atom is -0.328 e. The Hall–Kier alpha value is -3.48. The molecule has 0 bridgehead atoms. The molecular weight excluding hydrogens is 324 g/mol. The topological polar surface area (TPSA) is 84.0 Å². The van der Waals surface area contributed by atoms with Crippen LogP contribution in [-0.2, 0) is 16.2 Å². The van der Waals surface area contributed by atoms with Gasteiger partial charge >= 0.3 is 5.97 Å². The first kappa shape index (κ1) is 15.1. The van der Waals surface area contributed by atoms with Crippen molar-refractivity contribution in [3.63, 3.8) is 0 Å². The molecule has 2 aliphatic heterocycles. The Morgan fingerprint density at radius 1 is 0.840 bits per heavy atom. The summed E-state index contributed by atoms with van der Waals surface area (Å²) in [5.74, 6) is -2.51. The number of rotatable bonds is 3. The van der Waals surface area contributed by atoms with Crippen molar-refractivity contribution in [1.29, 1.82) is 0 Å². The lowest BCUT2D eigenvalue weighted by Gasteiger charge is -2.17. The SMILES string of the molecule is O=C(CN1Cc2ccccc2C1=O)ON1C(=O)c2ccccc2C1=O. The summed E-state index contributed by atoms with van der Waals surface area (Å²) in [6.07, 6.45) is 0. The summed E-state index contributed by atoms with van der Waals surface area (Å²) < 4.78 is 0. The lowest BCUT2D eigenvalue weighted by molar-refractivity contribution is -0.169. The quantitative estimate of drug-likeness (QED) is 0.791. The van der Waals surface area contributed by atoms with Gasteiger partial charge in [0.05, 0.1) is 11.1 Å². The van der Waals surface area contributed by atoms with Crippen molar-refractivity contribution in [3.8, 4) is 0 Å². The molecule has 7 heteroatoms. The fraction of sp³-hybridized carbons (Fsp3) is 0.111. The summed E-state index contributed by atoms with van der Waals surface area (Å²) in [5.41, 5.74) is 1.73. The Balaban J connectivity index is 1.45. The van der Waals surface area contributed by atoms with Crippen LogP contribution in [0.5, 0.6) is 0 Å². The fourth-order valence-electron chi connectivity index (χ4n) is 2.98. The van der Waals surface area contributed by atoms with E-state index in [0.29, 0.717) is 10.6 Å². The van der Waals surface area contributed by atoms with Gasteiger partial charge in [0.25, 0.3) is 17.7 Å². The van der Waals surface area contributed by atoms with E-state index in [0.717, 1.165) is 5.56 Å². The molecule has 0 saturated heterocycles. The van der Waals surface area contributed by atoms with Gasteiger partial charge in [-0.05, 0) is 23.8 Å². The lowest BCUT2D eigenvalue weighted by atomic mass is 10.1. The number of carbonyl (C=O) groups is 4. The van der Waals surface area contributed by atoms with Gasteiger partial charge in [0.15, 0.2) is 0 Å². The average molecular weight is 336 g/mol. The number of nitrogens with zero attached hydrogens (tertiary/aromatic N) is 2. The second-order valence-corrected chi connectivity index (χ2v) is 5.73. The molecule has 4 rings (SSSR count). The van der Waals surface area contributed by atoms with Crippen LogP contribution in [0.25, 0.3) is 0 Å². The molecule has 25 heavy (non-hydrogen) atoms. The largest absolute Gasteiger partial charge is 0.352 e. The normalized spacial score (nSPS) is 15.4. The van der Waals surface area contributed by atoms with Crippen LogP contribution in [0.4, 0.5) is 0 Å². The molecule has 0 aromatic heterocycles. The zero-order valence-corrected chi connectivity index (χ0v) is 13.0. The van der Waals surface area contributed by atoms with E-state index in [2.05, 4.69) is 0 Å². The van der Waals surface area contributed by atoms with Gasteiger partial charge in [-0.3, -0.25) is 14.4 Å². The van der Waals surface area contributed by atoms with Crippen LogP contribution in [0.2, 0.25) is 0 Å². The molecule has 0 spiro atoms. The molecule has 0 saturated carbocycles. The van der Waals surface area contributed by atoms with E-state index >= 15 is 0 Å². The fourth-order valence-corrected chi connectivity index (χ4v) is 2.98. The van der Waals surface area contributed by atoms with Gasteiger partial charge in [0.2, 0.25) is 0 Å². The summed E-state index contributed by atoms with van der Waals surface area (Å²) >= 11 is 0. The third-order valence-electron chi connectivity index (χ3n) is 4.17. The lowest BCUT2D eigenvalue weighted by Crippen LogP contribution is -2.38. The molecule has 7 nitrogen and oxygen atoms in total. The summed E-state index contributed by atoms with van der Waals surface area (Å²) in [6.45, 7) is -0.0624. The summed E-state index contributed by atoms with van der Waals surface area (Å²) in [6, 6.07) is 13.3. The molecule has 0 atom stereocenters. The number of imide groups is 1. The first-order valence-electron chi connectivity index (χ1n) is 7.62. The summed E-state index contributed by atoms with van der Waals surface area (Å²) in [4.78, 5) is 55.0.